The van der Waals surface area contributed by atoms with Crippen molar-refractivity contribution in [3.05, 3.63) is 60.3 Å². The average Bonchev–Trinajstić information content (AvgIpc) is 2.45. The van der Waals surface area contributed by atoms with Crippen LogP contribution in [0.4, 0.5) is 10.1 Å². The van der Waals surface area contributed by atoms with E-state index in [1.54, 1.807) is 30.5 Å². The summed E-state index contributed by atoms with van der Waals surface area (Å²) < 4.78 is 18.7. The van der Waals surface area contributed by atoms with Gasteiger partial charge in [-0.2, -0.15) is 0 Å². The summed E-state index contributed by atoms with van der Waals surface area (Å²) in [4.78, 5) is 8.07. The van der Waals surface area contributed by atoms with Gasteiger partial charge in [0.2, 0.25) is 0 Å². The zero-order valence-corrected chi connectivity index (χ0v) is 10.6. The number of anilines is 1. The van der Waals surface area contributed by atoms with Crippen LogP contribution < -0.4 is 10.5 Å². The Kier molecular flexibility index (Phi) is 3.16. The number of aromatic nitrogens is 2. The molecule has 0 spiro atoms. The lowest BCUT2D eigenvalue weighted by Gasteiger charge is -2.10. The van der Waals surface area contributed by atoms with E-state index >= 15 is 0 Å². The molecule has 20 heavy (non-hydrogen) atoms. The van der Waals surface area contributed by atoms with Crippen LogP contribution in [-0.2, 0) is 6.61 Å². The topological polar surface area (TPSA) is 61.0 Å². The van der Waals surface area contributed by atoms with Crippen LogP contribution in [-0.4, -0.2) is 9.97 Å². The molecule has 1 heterocycles. The molecule has 0 aliphatic rings. The van der Waals surface area contributed by atoms with E-state index in [-0.39, 0.29) is 12.4 Å². The van der Waals surface area contributed by atoms with Crippen LogP contribution in [0.5, 0.6) is 5.75 Å². The monoisotopic (exact) mass is 269 g/mol. The molecule has 0 fully saturated rings. The molecule has 2 N–H and O–H groups in total. The summed E-state index contributed by atoms with van der Waals surface area (Å²) in [6.07, 6.45) is 3.16. The highest BCUT2D eigenvalue weighted by Crippen LogP contribution is 2.27. The fourth-order valence-electron chi connectivity index (χ4n) is 1.94. The minimum absolute atomic E-state index is 0.251. The predicted molar refractivity (Wildman–Crippen MR) is 74.7 cm³/mol. The van der Waals surface area contributed by atoms with Crippen LogP contribution in [0.25, 0.3) is 10.9 Å². The van der Waals surface area contributed by atoms with E-state index in [1.807, 2.05) is 0 Å². The lowest BCUT2D eigenvalue weighted by molar-refractivity contribution is 0.307. The highest BCUT2D eigenvalue weighted by Gasteiger charge is 2.05. The maximum atomic E-state index is 13.1. The van der Waals surface area contributed by atoms with Gasteiger partial charge in [-0.25, -0.2) is 14.4 Å². The fraction of sp³-hybridized carbons (Fsp3) is 0.0667. The molecule has 0 unspecified atom stereocenters. The molecule has 0 amide bonds. The molecular formula is C15H12FN3O. The third-order valence-electron chi connectivity index (χ3n) is 2.92. The van der Waals surface area contributed by atoms with Gasteiger partial charge in [0.25, 0.3) is 0 Å². The van der Waals surface area contributed by atoms with Crippen molar-refractivity contribution in [2.24, 2.45) is 0 Å². The fourth-order valence-corrected chi connectivity index (χ4v) is 1.94. The molecule has 0 aliphatic heterocycles. The van der Waals surface area contributed by atoms with Gasteiger partial charge in [-0.15, -0.1) is 0 Å². The first-order valence-corrected chi connectivity index (χ1v) is 6.09. The molecule has 0 atom stereocenters. The molecular weight excluding hydrogens is 257 g/mol. The number of nitrogens with two attached hydrogens (primary N) is 1. The molecule has 5 heteroatoms. The van der Waals surface area contributed by atoms with E-state index in [9.17, 15) is 4.39 Å². The largest absolute Gasteiger partial charge is 0.487 e. The molecule has 3 rings (SSSR count). The van der Waals surface area contributed by atoms with Gasteiger partial charge >= 0.3 is 0 Å². The first-order chi connectivity index (χ1) is 9.72. The Bertz CT molecular complexity index is 761. The van der Waals surface area contributed by atoms with Gasteiger partial charge in [-0.05, 0) is 29.8 Å². The number of hydrogen-bond acceptors (Lipinski definition) is 4. The van der Waals surface area contributed by atoms with Crippen molar-refractivity contribution in [1.82, 2.24) is 9.97 Å². The second-order valence-electron chi connectivity index (χ2n) is 4.39. The average molecular weight is 269 g/mol. The van der Waals surface area contributed by atoms with Crippen LogP contribution in [0.3, 0.4) is 0 Å². The van der Waals surface area contributed by atoms with Gasteiger partial charge < -0.3 is 10.5 Å². The van der Waals surface area contributed by atoms with Crippen molar-refractivity contribution in [3.63, 3.8) is 0 Å². The first kappa shape index (κ1) is 12.3. The summed E-state index contributed by atoms with van der Waals surface area (Å²) in [5, 5.41) is 0.843. The number of benzene rings is 2. The van der Waals surface area contributed by atoms with Crippen LogP contribution in [0.1, 0.15) is 5.56 Å². The van der Waals surface area contributed by atoms with Crippen molar-refractivity contribution in [1.29, 1.82) is 0 Å². The summed E-state index contributed by atoms with van der Waals surface area (Å²) in [5.41, 5.74) is 7.92. The number of ether oxygens (including phenoxy) is 1. The smallest absolute Gasteiger partial charge is 0.143 e. The summed E-state index contributed by atoms with van der Waals surface area (Å²) >= 11 is 0. The van der Waals surface area contributed by atoms with Crippen molar-refractivity contribution in [2.45, 2.75) is 6.61 Å². The Morgan fingerprint density at radius 1 is 1.20 bits per heavy atom. The number of rotatable bonds is 3. The van der Waals surface area contributed by atoms with E-state index in [0.717, 1.165) is 16.5 Å². The SMILES string of the molecule is Nc1cc2ncncc2cc1OCc1cccc(F)c1. The lowest BCUT2D eigenvalue weighted by atomic mass is 10.2. The highest BCUT2D eigenvalue weighted by atomic mass is 19.1. The molecule has 0 saturated heterocycles. The molecule has 0 aliphatic carbocycles. The van der Waals surface area contributed by atoms with E-state index in [1.165, 1.54) is 18.5 Å². The molecule has 4 nitrogen and oxygen atoms in total. The van der Waals surface area contributed by atoms with Crippen LogP contribution in [0.2, 0.25) is 0 Å². The summed E-state index contributed by atoms with van der Waals surface area (Å²) in [7, 11) is 0. The van der Waals surface area contributed by atoms with Gasteiger partial charge in [0, 0.05) is 11.6 Å². The van der Waals surface area contributed by atoms with Crippen molar-refractivity contribution in [3.8, 4) is 5.75 Å². The standard InChI is InChI=1S/C15H12FN3O/c16-12-3-1-2-10(4-12)8-20-15-5-11-7-18-9-19-14(11)6-13(15)17/h1-7,9H,8,17H2. The van der Waals surface area contributed by atoms with Gasteiger partial charge in [0.05, 0.1) is 11.2 Å². The molecule has 3 aromatic rings. The van der Waals surface area contributed by atoms with E-state index in [0.29, 0.717) is 11.4 Å². The van der Waals surface area contributed by atoms with Gasteiger partial charge in [0.15, 0.2) is 0 Å². The van der Waals surface area contributed by atoms with Crippen LogP contribution in [0, 0.1) is 5.82 Å². The second-order valence-corrected chi connectivity index (χ2v) is 4.39. The van der Waals surface area contributed by atoms with Gasteiger partial charge in [0.1, 0.15) is 24.5 Å². The Morgan fingerprint density at radius 2 is 2.10 bits per heavy atom. The number of halogens is 1. The minimum Gasteiger partial charge on any atom is -0.487 e. The molecule has 2 aromatic carbocycles. The summed E-state index contributed by atoms with van der Waals surface area (Å²) in [6.45, 7) is 0.251. The minimum atomic E-state index is -0.286. The Labute approximate surface area is 115 Å². The normalized spacial score (nSPS) is 10.7. The predicted octanol–water partition coefficient (Wildman–Crippen LogP) is 2.93. The van der Waals surface area contributed by atoms with E-state index in [2.05, 4.69) is 9.97 Å². The molecule has 100 valence electrons. The highest BCUT2D eigenvalue weighted by molar-refractivity contribution is 5.84. The maximum Gasteiger partial charge on any atom is 0.143 e. The maximum absolute atomic E-state index is 13.1. The first-order valence-electron chi connectivity index (χ1n) is 6.09. The van der Waals surface area contributed by atoms with Crippen LogP contribution in [0.15, 0.2) is 48.9 Å². The summed E-state index contributed by atoms with van der Waals surface area (Å²) in [5.74, 6) is 0.252. The third kappa shape index (κ3) is 2.51. The molecule has 0 radical (unpaired) electrons. The Hall–Kier alpha value is -2.69. The van der Waals surface area contributed by atoms with E-state index < -0.39 is 0 Å². The molecule has 0 saturated carbocycles. The molecule has 0 bridgehead atoms. The number of nitrogen functional groups attached to an aromatic ring is 1. The van der Waals surface area contributed by atoms with Crippen molar-refractivity contribution >= 4 is 16.6 Å². The Balaban J connectivity index is 1.85. The van der Waals surface area contributed by atoms with E-state index in [4.69, 9.17) is 10.5 Å². The van der Waals surface area contributed by atoms with Crippen LogP contribution >= 0.6 is 0 Å². The molecule has 1 aromatic heterocycles. The van der Waals surface area contributed by atoms with Crippen molar-refractivity contribution < 1.29 is 9.13 Å². The third-order valence-corrected chi connectivity index (χ3v) is 2.92. The Morgan fingerprint density at radius 3 is 2.95 bits per heavy atom. The quantitative estimate of drug-likeness (QED) is 0.743. The second kappa shape index (κ2) is 5.13. The number of hydrogen-bond donors (Lipinski definition) is 1. The van der Waals surface area contributed by atoms with Gasteiger partial charge in [-0.3, -0.25) is 0 Å². The zero-order chi connectivity index (χ0) is 13.9. The van der Waals surface area contributed by atoms with Gasteiger partial charge in [-0.1, -0.05) is 12.1 Å². The lowest BCUT2D eigenvalue weighted by Crippen LogP contribution is -1.99. The number of nitrogens with zero attached hydrogens (tertiary/aromatic N) is 2. The zero-order valence-electron chi connectivity index (χ0n) is 10.6. The summed E-state index contributed by atoms with van der Waals surface area (Å²) in [6, 6.07) is 9.78. The number of fused-ring (bicyclic) bond motifs is 1. The van der Waals surface area contributed by atoms with Crippen molar-refractivity contribution in [2.75, 3.05) is 5.73 Å².